The Morgan fingerprint density at radius 2 is 2.04 bits per heavy atom. The van der Waals surface area contributed by atoms with Crippen molar-refractivity contribution in [1.82, 2.24) is 14.5 Å². The molecule has 5 nitrogen and oxygen atoms in total. The van der Waals surface area contributed by atoms with E-state index in [0.29, 0.717) is 6.54 Å². The van der Waals surface area contributed by atoms with E-state index in [4.69, 9.17) is 0 Å². The second-order valence-corrected chi connectivity index (χ2v) is 5.68. The van der Waals surface area contributed by atoms with Crippen molar-refractivity contribution < 1.29 is 9.90 Å². The van der Waals surface area contributed by atoms with Gasteiger partial charge in [0.1, 0.15) is 11.8 Å². The standard InChI is InChI=1S/C18H19N3O2/c1-13(21-12-19-16-8-3-4-9-17(16)21)18(23)20(2)11-14-6-5-7-15(22)10-14/h3-10,12-13,22H,11H2,1-2H3/t13-/m1/s1. The van der Waals surface area contributed by atoms with Crippen LogP contribution in [-0.4, -0.2) is 32.5 Å². The zero-order valence-corrected chi connectivity index (χ0v) is 13.2. The van der Waals surface area contributed by atoms with Crippen molar-refractivity contribution in [2.75, 3.05) is 7.05 Å². The number of hydrogen-bond acceptors (Lipinski definition) is 3. The molecule has 0 unspecified atom stereocenters. The van der Waals surface area contributed by atoms with E-state index in [2.05, 4.69) is 4.98 Å². The van der Waals surface area contributed by atoms with Gasteiger partial charge in [-0.3, -0.25) is 4.79 Å². The third kappa shape index (κ3) is 3.04. The van der Waals surface area contributed by atoms with E-state index in [1.807, 2.05) is 41.8 Å². The molecule has 118 valence electrons. The van der Waals surface area contributed by atoms with Crippen LogP contribution in [0.15, 0.2) is 54.9 Å². The predicted molar refractivity (Wildman–Crippen MR) is 89.0 cm³/mol. The largest absolute Gasteiger partial charge is 0.508 e. The Balaban J connectivity index is 1.79. The number of likely N-dealkylation sites (N-methyl/N-ethyl adjacent to an activating group) is 1. The molecular formula is C18H19N3O2. The molecular weight excluding hydrogens is 290 g/mol. The van der Waals surface area contributed by atoms with Crippen LogP contribution in [0.3, 0.4) is 0 Å². The van der Waals surface area contributed by atoms with E-state index < -0.39 is 0 Å². The average Bonchev–Trinajstić information content (AvgIpc) is 2.97. The lowest BCUT2D eigenvalue weighted by atomic mass is 10.2. The molecule has 5 heteroatoms. The smallest absolute Gasteiger partial charge is 0.245 e. The zero-order valence-electron chi connectivity index (χ0n) is 13.2. The van der Waals surface area contributed by atoms with Crippen molar-refractivity contribution in [1.29, 1.82) is 0 Å². The highest BCUT2D eigenvalue weighted by molar-refractivity contribution is 5.83. The van der Waals surface area contributed by atoms with Gasteiger partial charge in [-0.05, 0) is 36.8 Å². The summed E-state index contributed by atoms with van der Waals surface area (Å²) in [5.41, 5.74) is 2.71. The van der Waals surface area contributed by atoms with Crippen LogP contribution in [0.4, 0.5) is 0 Å². The maximum atomic E-state index is 12.7. The highest BCUT2D eigenvalue weighted by atomic mass is 16.3. The van der Waals surface area contributed by atoms with Crippen LogP contribution in [0, 0.1) is 0 Å². The molecule has 1 heterocycles. The fourth-order valence-corrected chi connectivity index (χ4v) is 2.73. The monoisotopic (exact) mass is 309 g/mol. The van der Waals surface area contributed by atoms with Gasteiger partial charge in [-0.15, -0.1) is 0 Å². The molecule has 1 N–H and O–H groups in total. The molecule has 0 bridgehead atoms. The number of imidazole rings is 1. The van der Waals surface area contributed by atoms with E-state index >= 15 is 0 Å². The lowest BCUT2D eigenvalue weighted by molar-refractivity contribution is -0.133. The number of hydrogen-bond donors (Lipinski definition) is 1. The highest BCUT2D eigenvalue weighted by Gasteiger charge is 2.20. The molecule has 0 saturated carbocycles. The van der Waals surface area contributed by atoms with Crippen molar-refractivity contribution in [3.8, 4) is 5.75 Å². The van der Waals surface area contributed by atoms with Gasteiger partial charge in [-0.2, -0.15) is 0 Å². The minimum Gasteiger partial charge on any atom is -0.508 e. The molecule has 0 spiro atoms. The van der Waals surface area contributed by atoms with Crippen LogP contribution in [0.5, 0.6) is 5.75 Å². The van der Waals surface area contributed by atoms with Gasteiger partial charge < -0.3 is 14.6 Å². The SMILES string of the molecule is C[C@H](C(=O)N(C)Cc1cccc(O)c1)n1cnc2ccccc21. The van der Waals surface area contributed by atoms with Crippen LogP contribution in [0.25, 0.3) is 11.0 Å². The number of rotatable bonds is 4. The number of para-hydroxylation sites is 2. The van der Waals surface area contributed by atoms with Gasteiger partial charge in [0.25, 0.3) is 0 Å². The molecule has 1 amide bonds. The average molecular weight is 309 g/mol. The number of phenolic OH excluding ortho intramolecular Hbond substituents is 1. The van der Waals surface area contributed by atoms with Crippen molar-refractivity contribution in [3.63, 3.8) is 0 Å². The Morgan fingerprint density at radius 1 is 1.26 bits per heavy atom. The highest BCUT2D eigenvalue weighted by Crippen LogP contribution is 2.20. The molecule has 3 aromatic rings. The number of aromatic hydroxyl groups is 1. The first-order chi connectivity index (χ1) is 11.1. The number of nitrogens with zero attached hydrogens (tertiary/aromatic N) is 3. The van der Waals surface area contributed by atoms with Crippen molar-refractivity contribution in [3.05, 3.63) is 60.4 Å². The van der Waals surface area contributed by atoms with E-state index in [0.717, 1.165) is 16.6 Å². The molecule has 3 rings (SSSR count). The molecule has 1 aromatic heterocycles. The first kappa shape index (κ1) is 15.1. The Labute approximate surface area is 134 Å². The number of phenols is 1. The van der Waals surface area contributed by atoms with Gasteiger partial charge in [0.05, 0.1) is 17.4 Å². The molecule has 0 radical (unpaired) electrons. The minimum absolute atomic E-state index is 0.00324. The quantitative estimate of drug-likeness (QED) is 0.806. The maximum absolute atomic E-state index is 12.7. The predicted octanol–water partition coefficient (Wildman–Crippen LogP) is 2.96. The third-order valence-electron chi connectivity index (χ3n) is 3.96. The van der Waals surface area contributed by atoms with Gasteiger partial charge >= 0.3 is 0 Å². The number of carbonyl (C=O) groups excluding carboxylic acids is 1. The van der Waals surface area contributed by atoms with Crippen molar-refractivity contribution in [2.45, 2.75) is 19.5 Å². The second-order valence-electron chi connectivity index (χ2n) is 5.68. The Kier molecular flexibility index (Phi) is 4.02. The van der Waals surface area contributed by atoms with Crippen molar-refractivity contribution in [2.24, 2.45) is 0 Å². The summed E-state index contributed by atoms with van der Waals surface area (Å²) in [6.07, 6.45) is 1.70. The summed E-state index contributed by atoms with van der Waals surface area (Å²) in [6.45, 7) is 2.32. The van der Waals surface area contributed by atoms with Gasteiger partial charge in [0.2, 0.25) is 5.91 Å². The molecule has 0 fully saturated rings. The summed E-state index contributed by atoms with van der Waals surface area (Å²) < 4.78 is 1.89. The van der Waals surface area contributed by atoms with Gasteiger partial charge in [0.15, 0.2) is 0 Å². The van der Waals surface area contributed by atoms with E-state index in [9.17, 15) is 9.90 Å². The number of fused-ring (bicyclic) bond motifs is 1. The normalized spacial score (nSPS) is 12.3. The summed E-state index contributed by atoms with van der Waals surface area (Å²) in [4.78, 5) is 18.7. The summed E-state index contributed by atoms with van der Waals surface area (Å²) >= 11 is 0. The number of carbonyl (C=O) groups is 1. The Bertz CT molecular complexity index is 841. The van der Waals surface area contributed by atoms with Crippen LogP contribution >= 0.6 is 0 Å². The summed E-state index contributed by atoms with van der Waals surface area (Å²) in [5.74, 6) is 0.202. The molecule has 2 aromatic carbocycles. The summed E-state index contributed by atoms with van der Waals surface area (Å²) in [5, 5.41) is 9.53. The molecule has 0 aliphatic heterocycles. The molecule has 0 aliphatic carbocycles. The second kappa shape index (κ2) is 6.12. The van der Waals surface area contributed by atoms with Crippen LogP contribution < -0.4 is 0 Å². The van der Waals surface area contributed by atoms with E-state index in [1.165, 1.54) is 0 Å². The fourth-order valence-electron chi connectivity index (χ4n) is 2.73. The molecule has 0 aliphatic rings. The molecule has 1 atom stereocenters. The molecule has 0 saturated heterocycles. The summed E-state index contributed by atoms with van der Waals surface area (Å²) in [6, 6.07) is 14.4. The minimum atomic E-state index is -0.343. The lowest BCUT2D eigenvalue weighted by Crippen LogP contribution is -2.32. The number of amides is 1. The fraction of sp³-hybridized carbons (Fsp3) is 0.222. The zero-order chi connectivity index (χ0) is 16.4. The first-order valence-corrected chi connectivity index (χ1v) is 7.50. The maximum Gasteiger partial charge on any atom is 0.245 e. The number of benzene rings is 2. The lowest BCUT2D eigenvalue weighted by Gasteiger charge is -2.22. The Hall–Kier alpha value is -2.82. The van der Waals surface area contributed by atoms with Crippen LogP contribution in [0.1, 0.15) is 18.5 Å². The first-order valence-electron chi connectivity index (χ1n) is 7.50. The van der Waals surface area contributed by atoms with Gasteiger partial charge in [0, 0.05) is 13.6 Å². The van der Waals surface area contributed by atoms with Gasteiger partial charge in [-0.25, -0.2) is 4.98 Å². The van der Waals surface area contributed by atoms with Gasteiger partial charge in [-0.1, -0.05) is 24.3 Å². The number of aromatic nitrogens is 2. The Morgan fingerprint density at radius 3 is 2.83 bits per heavy atom. The van der Waals surface area contributed by atoms with E-state index in [1.54, 1.807) is 36.5 Å². The molecule has 23 heavy (non-hydrogen) atoms. The third-order valence-corrected chi connectivity index (χ3v) is 3.96. The van der Waals surface area contributed by atoms with Crippen LogP contribution in [-0.2, 0) is 11.3 Å². The summed E-state index contributed by atoms with van der Waals surface area (Å²) in [7, 11) is 1.77. The van der Waals surface area contributed by atoms with E-state index in [-0.39, 0.29) is 17.7 Å². The topological polar surface area (TPSA) is 58.4 Å². The van der Waals surface area contributed by atoms with Crippen LogP contribution in [0.2, 0.25) is 0 Å². The van der Waals surface area contributed by atoms with Crippen molar-refractivity contribution >= 4 is 16.9 Å².